The van der Waals surface area contributed by atoms with E-state index in [0.717, 1.165) is 74.9 Å². The van der Waals surface area contributed by atoms with Gasteiger partial charge < -0.3 is 24.7 Å². The number of halogens is 1. The molecule has 0 radical (unpaired) electrons. The molecule has 0 unspecified atom stereocenters. The van der Waals surface area contributed by atoms with E-state index in [1.807, 2.05) is 18.2 Å². The summed E-state index contributed by atoms with van der Waals surface area (Å²) < 4.78 is 11.6. The minimum atomic E-state index is 0.240. The molecule has 2 N–H and O–H groups in total. The lowest BCUT2D eigenvalue weighted by atomic mass is 9.96. The smallest absolute Gasteiger partial charge is 0.296 e. The van der Waals surface area contributed by atoms with E-state index >= 15 is 0 Å². The average molecular weight is 512 g/mol. The summed E-state index contributed by atoms with van der Waals surface area (Å²) in [4.78, 5) is 22.2. The quantitative estimate of drug-likeness (QED) is 0.496. The highest BCUT2D eigenvalue weighted by Gasteiger charge is 2.24. The first-order valence-electron chi connectivity index (χ1n) is 13.1. The van der Waals surface area contributed by atoms with Gasteiger partial charge in [-0.2, -0.15) is 9.97 Å². The normalized spacial score (nSPS) is 20.0. The van der Waals surface area contributed by atoms with Crippen LogP contribution in [0.4, 0.5) is 5.82 Å². The number of ether oxygens (including phenoxy) is 2. The fourth-order valence-electron chi connectivity index (χ4n) is 5.32. The van der Waals surface area contributed by atoms with Gasteiger partial charge in [-0.25, -0.2) is 4.98 Å². The van der Waals surface area contributed by atoms with E-state index in [2.05, 4.69) is 25.1 Å². The summed E-state index contributed by atoms with van der Waals surface area (Å²) in [6.45, 7) is 7.56. The molecule has 0 aromatic carbocycles. The van der Waals surface area contributed by atoms with Gasteiger partial charge in [-0.15, -0.1) is 0 Å². The van der Waals surface area contributed by atoms with Crippen molar-refractivity contribution < 1.29 is 9.47 Å². The zero-order chi connectivity index (χ0) is 24.5. The molecular weight excluding hydrogens is 478 g/mol. The number of fused-ring (bicyclic) bond motifs is 1. The van der Waals surface area contributed by atoms with E-state index in [1.165, 1.54) is 25.8 Å². The maximum atomic E-state index is 6.65. The topological polar surface area (TPSA) is 91.4 Å². The van der Waals surface area contributed by atoms with Crippen molar-refractivity contribution in [3.8, 4) is 23.1 Å². The summed E-state index contributed by atoms with van der Waals surface area (Å²) in [6, 6.07) is 6.38. The van der Waals surface area contributed by atoms with Crippen LogP contribution in [0.15, 0.2) is 18.2 Å². The highest BCUT2D eigenvalue weighted by Crippen LogP contribution is 2.36. The van der Waals surface area contributed by atoms with Crippen LogP contribution in [-0.2, 0) is 0 Å². The third-order valence-electron chi connectivity index (χ3n) is 7.70. The predicted octanol–water partition coefficient (Wildman–Crippen LogP) is 3.73. The first-order chi connectivity index (χ1) is 17.7. The van der Waals surface area contributed by atoms with Gasteiger partial charge in [0.2, 0.25) is 5.88 Å². The molecule has 0 bridgehead atoms. The molecule has 2 aliphatic heterocycles. The molecule has 9 nitrogen and oxygen atoms in total. The molecule has 3 aromatic rings. The zero-order valence-corrected chi connectivity index (χ0v) is 21.6. The molecule has 36 heavy (non-hydrogen) atoms. The van der Waals surface area contributed by atoms with Crippen molar-refractivity contribution in [3.05, 3.63) is 23.2 Å². The third-order valence-corrected chi connectivity index (χ3v) is 7.99. The molecule has 0 atom stereocenters. The summed E-state index contributed by atoms with van der Waals surface area (Å²) in [7, 11) is 1.64. The number of piperazine rings is 1. The first-order valence-corrected chi connectivity index (χ1v) is 13.5. The summed E-state index contributed by atoms with van der Waals surface area (Å²) >= 11 is 6.65. The van der Waals surface area contributed by atoms with Crippen LogP contribution in [0, 0.1) is 5.92 Å². The molecule has 2 saturated heterocycles. The maximum absolute atomic E-state index is 6.65. The largest absolute Gasteiger partial charge is 0.480 e. The third kappa shape index (κ3) is 4.96. The second-order valence-corrected chi connectivity index (χ2v) is 10.5. The Morgan fingerprint density at radius 1 is 1.03 bits per heavy atom. The van der Waals surface area contributed by atoms with Crippen LogP contribution < -0.4 is 19.7 Å². The average Bonchev–Trinajstić information content (AvgIpc) is 3.28. The lowest BCUT2D eigenvalue weighted by Crippen LogP contribution is -2.48. The van der Waals surface area contributed by atoms with Gasteiger partial charge >= 0.3 is 0 Å². The number of methoxy groups -OCH3 is 1. The number of hydrogen-bond acceptors (Lipinski definition) is 8. The van der Waals surface area contributed by atoms with Crippen molar-refractivity contribution >= 4 is 28.6 Å². The summed E-state index contributed by atoms with van der Waals surface area (Å²) in [5, 5.41) is 3.98. The fraction of sp³-hybridized carbons (Fsp3) is 0.577. The van der Waals surface area contributed by atoms with Crippen LogP contribution in [0.3, 0.4) is 0 Å². The lowest BCUT2D eigenvalue weighted by Gasteiger charge is -2.38. The molecule has 1 aliphatic carbocycles. The Bertz CT molecular complexity index is 1200. The van der Waals surface area contributed by atoms with Crippen molar-refractivity contribution in [2.24, 2.45) is 5.92 Å². The summed E-state index contributed by atoms with van der Waals surface area (Å²) in [5.74, 6) is 2.25. The molecule has 0 amide bonds. The van der Waals surface area contributed by atoms with Gasteiger partial charge in [-0.05, 0) is 69.3 Å². The predicted molar refractivity (Wildman–Crippen MR) is 141 cm³/mol. The molecule has 192 valence electrons. The number of H-pyrrole nitrogens is 1. The second kappa shape index (κ2) is 10.4. The van der Waals surface area contributed by atoms with Gasteiger partial charge in [0.15, 0.2) is 5.65 Å². The van der Waals surface area contributed by atoms with E-state index in [1.54, 1.807) is 7.11 Å². The number of anilines is 1. The van der Waals surface area contributed by atoms with Crippen LogP contribution in [-0.4, -0.2) is 83.9 Å². The van der Waals surface area contributed by atoms with Gasteiger partial charge in [0.05, 0.1) is 28.9 Å². The number of aromatic amines is 1. The van der Waals surface area contributed by atoms with Gasteiger partial charge in [-0.1, -0.05) is 11.6 Å². The Hall–Kier alpha value is -2.62. The number of hydrogen-bond donors (Lipinski definition) is 2. The summed E-state index contributed by atoms with van der Waals surface area (Å²) in [6.07, 6.45) is 6.16. The molecular formula is C26H34ClN7O2. The Morgan fingerprint density at radius 2 is 1.83 bits per heavy atom. The number of nitrogens with one attached hydrogen (secondary N) is 2. The molecule has 5 heterocycles. The van der Waals surface area contributed by atoms with Crippen molar-refractivity contribution in [3.63, 3.8) is 0 Å². The van der Waals surface area contributed by atoms with Gasteiger partial charge in [0.1, 0.15) is 11.9 Å². The lowest BCUT2D eigenvalue weighted by molar-refractivity contribution is 0.110. The highest BCUT2D eigenvalue weighted by molar-refractivity contribution is 6.33. The van der Waals surface area contributed by atoms with Gasteiger partial charge in [0.25, 0.3) is 6.01 Å². The molecule has 3 fully saturated rings. The first kappa shape index (κ1) is 23.8. The Labute approximate surface area is 216 Å². The van der Waals surface area contributed by atoms with Crippen LogP contribution >= 0.6 is 11.6 Å². The second-order valence-electron chi connectivity index (χ2n) is 10.1. The molecule has 1 saturated carbocycles. The van der Waals surface area contributed by atoms with Crippen LogP contribution in [0.1, 0.15) is 32.1 Å². The number of pyridine rings is 2. The van der Waals surface area contributed by atoms with E-state index < -0.39 is 0 Å². The fourth-order valence-corrected chi connectivity index (χ4v) is 5.57. The minimum Gasteiger partial charge on any atom is -0.480 e. The van der Waals surface area contributed by atoms with Crippen molar-refractivity contribution in [2.75, 3.05) is 57.8 Å². The number of nitrogens with zero attached hydrogens (tertiary/aromatic N) is 5. The molecule has 6 rings (SSSR count). The zero-order valence-electron chi connectivity index (χ0n) is 20.8. The van der Waals surface area contributed by atoms with E-state index in [-0.39, 0.29) is 6.10 Å². The number of imidazole rings is 1. The molecule has 3 aromatic heterocycles. The summed E-state index contributed by atoms with van der Waals surface area (Å²) in [5.41, 5.74) is 2.68. The monoisotopic (exact) mass is 511 g/mol. The molecule has 10 heteroatoms. The molecule has 0 spiro atoms. The Balaban J connectivity index is 1.17. The SMILES string of the molecule is COc1nc(N2CCN(CC3CCNCC3)CC2)ccc1-c1nc2nc(OC3CCC3)[nH]c2cc1Cl. The van der Waals surface area contributed by atoms with Crippen LogP contribution in [0.2, 0.25) is 5.02 Å². The number of piperidine rings is 1. The number of rotatable bonds is 7. The van der Waals surface area contributed by atoms with E-state index in [0.29, 0.717) is 28.3 Å². The highest BCUT2D eigenvalue weighted by atomic mass is 35.5. The van der Waals surface area contributed by atoms with Crippen LogP contribution in [0.5, 0.6) is 11.9 Å². The van der Waals surface area contributed by atoms with Crippen molar-refractivity contribution in [2.45, 2.75) is 38.2 Å². The minimum absolute atomic E-state index is 0.240. The van der Waals surface area contributed by atoms with Gasteiger partial charge in [-0.3, -0.25) is 4.90 Å². The Kier molecular flexibility index (Phi) is 6.86. The van der Waals surface area contributed by atoms with Crippen molar-refractivity contribution in [1.29, 1.82) is 0 Å². The van der Waals surface area contributed by atoms with Crippen molar-refractivity contribution in [1.82, 2.24) is 30.2 Å². The van der Waals surface area contributed by atoms with E-state index in [9.17, 15) is 0 Å². The Morgan fingerprint density at radius 3 is 2.56 bits per heavy atom. The molecule has 3 aliphatic rings. The van der Waals surface area contributed by atoms with Crippen LogP contribution in [0.25, 0.3) is 22.4 Å². The maximum Gasteiger partial charge on any atom is 0.296 e. The number of aromatic nitrogens is 4. The van der Waals surface area contributed by atoms with E-state index in [4.69, 9.17) is 31.0 Å². The van der Waals surface area contributed by atoms with Gasteiger partial charge in [0, 0.05) is 32.7 Å². The standard InChI is InChI=1S/C26H34ClN7O2/c1-35-25-19(23-20(27)15-21-24(31-23)32-26(29-21)36-18-3-2-4-18)5-6-22(30-25)34-13-11-33(12-14-34)16-17-7-9-28-10-8-17/h5-6,15,17-18,28H,2-4,7-14,16H2,1H3,(H,29,31,32).